The lowest BCUT2D eigenvalue weighted by atomic mass is 10.2. The molecule has 0 bridgehead atoms. The Morgan fingerprint density at radius 3 is 2.69 bits per heavy atom. The van der Waals surface area contributed by atoms with Crippen LogP contribution in [-0.2, 0) is 11.2 Å². The zero-order valence-electron chi connectivity index (χ0n) is 14.7. The van der Waals surface area contributed by atoms with Crippen molar-refractivity contribution >= 4 is 28.1 Å². The van der Waals surface area contributed by atoms with E-state index in [1.807, 2.05) is 25.1 Å². The number of carbonyl (C=O) groups excluding carboxylic acids is 1. The van der Waals surface area contributed by atoms with E-state index < -0.39 is 0 Å². The first kappa shape index (κ1) is 19.8. The summed E-state index contributed by atoms with van der Waals surface area (Å²) in [6, 6.07) is 10.6. The van der Waals surface area contributed by atoms with E-state index >= 15 is 0 Å². The topological polar surface area (TPSA) is 80.2 Å². The maximum Gasteiger partial charge on any atom is 0.277 e. The zero-order valence-corrected chi connectivity index (χ0v) is 16.2. The molecule has 26 heavy (non-hydrogen) atoms. The number of nitrogens with zero attached hydrogens (tertiary/aromatic N) is 1. The van der Waals surface area contributed by atoms with Gasteiger partial charge >= 0.3 is 0 Å². The van der Waals surface area contributed by atoms with Crippen molar-refractivity contribution in [3.05, 3.63) is 52.0 Å². The van der Waals surface area contributed by atoms with Crippen LogP contribution in [-0.4, -0.2) is 30.4 Å². The molecule has 2 rings (SSSR count). The fraction of sp³-hybridized carbons (Fsp3) is 0.263. The van der Waals surface area contributed by atoms with Crippen molar-refractivity contribution in [3.63, 3.8) is 0 Å². The van der Waals surface area contributed by atoms with E-state index in [-0.39, 0.29) is 18.3 Å². The summed E-state index contributed by atoms with van der Waals surface area (Å²) in [5.74, 6) is 0.644. The van der Waals surface area contributed by atoms with Gasteiger partial charge in [0.1, 0.15) is 5.75 Å². The minimum atomic E-state index is -0.378. The molecule has 0 aliphatic heterocycles. The highest BCUT2D eigenvalue weighted by molar-refractivity contribution is 9.10. The largest absolute Gasteiger partial charge is 0.504 e. The molecule has 0 unspecified atom stereocenters. The van der Waals surface area contributed by atoms with Crippen LogP contribution in [0, 0.1) is 0 Å². The molecule has 7 heteroatoms. The first-order valence-corrected chi connectivity index (χ1v) is 9.01. The molecule has 0 heterocycles. The van der Waals surface area contributed by atoms with Crippen LogP contribution in [0.4, 0.5) is 0 Å². The molecule has 2 N–H and O–H groups in total. The second-order valence-corrected chi connectivity index (χ2v) is 6.21. The van der Waals surface area contributed by atoms with Gasteiger partial charge in [0.2, 0.25) is 0 Å². The third-order valence-corrected chi connectivity index (χ3v) is 4.07. The Kier molecular flexibility index (Phi) is 7.47. The number of aromatic hydroxyl groups is 1. The molecule has 0 radical (unpaired) electrons. The average Bonchev–Trinajstić information content (AvgIpc) is 2.63. The molecule has 2 aromatic rings. The Morgan fingerprint density at radius 1 is 1.19 bits per heavy atom. The van der Waals surface area contributed by atoms with Crippen LogP contribution >= 0.6 is 15.9 Å². The number of aryl methyl sites for hydroxylation is 1. The highest BCUT2D eigenvalue weighted by Gasteiger charge is 2.06. The number of ether oxygens (including phenoxy) is 2. The molecule has 0 aliphatic rings. The van der Waals surface area contributed by atoms with Crippen LogP contribution in [0.5, 0.6) is 17.2 Å². The molecule has 1 amide bonds. The summed E-state index contributed by atoms with van der Waals surface area (Å²) in [5, 5.41) is 13.5. The number of nitrogens with one attached hydrogen (secondary N) is 1. The van der Waals surface area contributed by atoms with Crippen molar-refractivity contribution in [2.45, 2.75) is 20.3 Å². The summed E-state index contributed by atoms with van der Waals surface area (Å²) in [4.78, 5) is 11.8. The van der Waals surface area contributed by atoms with Gasteiger partial charge in [-0.25, -0.2) is 5.43 Å². The van der Waals surface area contributed by atoms with Gasteiger partial charge in [0.05, 0.1) is 17.3 Å². The first-order chi connectivity index (χ1) is 12.5. The Hall–Kier alpha value is -2.54. The van der Waals surface area contributed by atoms with E-state index in [2.05, 4.69) is 33.4 Å². The molecular weight excluding hydrogens is 400 g/mol. The Balaban J connectivity index is 1.87. The Bertz CT molecular complexity index is 793. The summed E-state index contributed by atoms with van der Waals surface area (Å²) in [7, 11) is 0. The van der Waals surface area contributed by atoms with Crippen LogP contribution < -0.4 is 14.9 Å². The van der Waals surface area contributed by atoms with Gasteiger partial charge < -0.3 is 14.6 Å². The number of hydrogen-bond acceptors (Lipinski definition) is 5. The third kappa shape index (κ3) is 5.77. The molecule has 0 fully saturated rings. The van der Waals surface area contributed by atoms with Crippen molar-refractivity contribution in [2.24, 2.45) is 5.10 Å². The van der Waals surface area contributed by atoms with E-state index in [0.29, 0.717) is 23.7 Å². The van der Waals surface area contributed by atoms with E-state index in [4.69, 9.17) is 9.47 Å². The highest BCUT2D eigenvalue weighted by Crippen LogP contribution is 2.27. The summed E-state index contributed by atoms with van der Waals surface area (Å²) in [6.07, 6.45) is 2.39. The van der Waals surface area contributed by atoms with E-state index in [1.165, 1.54) is 17.8 Å². The van der Waals surface area contributed by atoms with Crippen LogP contribution in [0.2, 0.25) is 0 Å². The quantitative estimate of drug-likeness (QED) is 0.504. The summed E-state index contributed by atoms with van der Waals surface area (Å²) < 4.78 is 11.6. The normalized spacial score (nSPS) is 10.7. The molecule has 2 aromatic carbocycles. The molecule has 0 saturated heterocycles. The predicted octanol–water partition coefficient (Wildman–Crippen LogP) is 3.64. The molecule has 138 valence electrons. The van der Waals surface area contributed by atoms with Gasteiger partial charge in [0, 0.05) is 0 Å². The molecular formula is C19H21BrN2O4. The van der Waals surface area contributed by atoms with Gasteiger partial charge in [-0.15, -0.1) is 0 Å². The fourth-order valence-corrected chi connectivity index (χ4v) is 2.66. The minimum Gasteiger partial charge on any atom is -0.504 e. The van der Waals surface area contributed by atoms with Gasteiger partial charge in [-0.3, -0.25) is 4.79 Å². The summed E-state index contributed by atoms with van der Waals surface area (Å²) in [5.41, 5.74) is 4.26. The van der Waals surface area contributed by atoms with Gasteiger partial charge in [0.15, 0.2) is 18.1 Å². The van der Waals surface area contributed by atoms with Gasteiger partial charge in [-0.2, -0.15) is 5.10 Å². The monoisotopic (exact) mass is 420 g/mol. The maximum atomic E-state index is 11.8. The predicted molar refractivity (Wildman–Crippen MR) is 104 cm³/mol. The van der Waals surface area contributed by atoms with Gasteiger partial charge in [-0.05, 0) is 70.7 Å². The second kappa shape index (κ2) is 9.82. The smallest absolute Gasteiger partial charge is 0.277 e. The zero-order chi connectivity index (χ0) is 18.9. The fourth-order valence-electron chi connectivity index (χ4n) is 2.12. The number of benzene rings is 2. The number of halogens is 1. The van der Waals surface area contributed by atoms with E-state index in [0.717, 1.165) is 10.9 Å². The lowest BCUT2D eigenvalue weighted by molar-refractivity contribution is -0.123. The third-order valence-electron chi connectivity index (χ3n) is 3.45. The van der Waals surface area contributed by atoms with E-state index in [9.17, 15) is 9.90 Å². The molecule has 0 aliphatic carbocycles. The van der Waals surface area contributed by atoms with Crippen molar-refractivity contribution in [1.29, 1.82) is 0 Å². The lowest BCUT2D eigenvalue weighted by Gasteiger charge is -2.08. The van der Waals surface area contributed by atoms with Crippen LogP contribution in [0.25, 0.3) is 0 Å². The van der Waals surface area contributed by atoms with Crippen LogP contribution in [0.1, 0.15) is 25.0 Å². The number of phenols is 1. The molecule has 6 nitrogen and oxygen atoms in total. The standard InChI is InChI=1S/C19H21BrN2O4/c1-3-13-6-8-17(15(20)9-13)26-12-19(24)22-21-11-14-5-7-16(23)18(10-14)25-4-2/h5-11,23H,3-4,12H2,1-2H3,(H,22,24)/b21-11+. The van der Waals surface area contributed by atoms with Gasteiger partial charge in [-0.1, -0.05) is 13.0 Å². The molecule has 0 spiro atoms. The Labute approximate surface area is 161 Å². The summed E-state index contributed by atoms with van der Waals surface area (Å²) >= 11 is 3.43. The van der Waals surface area contributed by atoms with Crippen molar-refractivity contribution in [1.82, 2.24) is 5.43 Å². The Morgan fingerprint density at radius 2 is 2.00 bits per heavy atom. The SMILES string of the molecule is CCOc1cc(/C=N/NC(=O)COc2ccc(CC)cc2Br)ccc1O. The van der Waals surface area contributed by atoms with E-state index in [1.54, 1.807) is 12.1 Å². The number of phenolic OH excluding ortho intramolecular Hbond substituents is 1. The van der Waals surface area contributed by atoms with Crippen LogP contribution in [0.15, 0.2) is 46.0 Å². The molecule has 0 saturated carbocycles. The number of carbonyl (C=O) groups is 1. The number of amides is 1. The maximum absolute atomic E-state index is 11.8. The second-order valence-electron chi connectivity index (χ2n) is 5.36. The first-order valence-electron chi connectivity index (χ1n) is 8.22. The number of rotatable bonds is 8. The number of hydrazone groups is 1. The molecule has 0 atom stereocenters. The van der Waals surface area contributed by atoms with Crippen molar-refractivity contribution in [2.75, 3.05) is 13.2 Å². The van der Waals surface area contributed by atoms with Crippen molar-refractivity contribution < 1.29 is 19.4 Å². The minimum absolute atomic E-state index is 0.0566. The summed E-state index contributed by atoms with van der Waals surface area (Å²) in [6.45, 7) is 4.19. The lowest BCUT2D eigenvalue weighted by Crippen LogP contribution is -2.24. The highest BCUT2D eigenvalue weighted by atomic mass is 79.9. The molecule has 0 aromatic heterocycles. The van der Waals surface area contributed by atoms with Crippen LogP contribution in [0.3, 0.4) is 0 Å². The number of hydrogen-bond donors (Lipinski definition) is 2. The average molecular weight is 421 g/mol. The van der Waals surface area contributed by atoms with Gasteiger partial charge in [0.25, 0.3) is 5.91 Å². The van der Waals surface area contributed by atoms with Crippen molar-refractivity contribution in [3.8, 4) is 17.2 Å².